The summed E-state index contributed by atoms with van der Waals surface area (Å²) in [5.74, 6) is -0.334. The van der Waals surface area contributed by atoms with Gasteiger partial charge >= 0.3 is 0 Å². The highest BCUT2D eigenvalue weighted by molar-refractivity contribution is 6.35. The average Bonchev–Trinajstić information content (AvgIpc) is 2.57. The minimum Gasteiger partial charge on any atom is -0.274 e. The Morgan fingerprint density at radius 3 is 2.50 bits per heavy atom. The number of carbonyl (C=O) groups is 2. The number of benzene rings is 1. The highest BCUT2D eigenvalue weighted by Gasteiger charge is 2.64. The molecule has 1 aliphatic carbocycles. The number of halogens is 1. The molecule has 1 aromatic carbocycles. The van der Waals surface area contributed by atoms with Crippen molar-refractivity contribution in [3.05, 3.63) is 29.3 Å². The summed E-state index contributed by atoms with van der Waals surface area (Å²) >= 11 is 6.17. The van der Waals surface area contributed by atoms with E-state index in [1.807, 2.05) is 20.8 Å². The van der Waals surface area contributed by atoms with Crippen LogP contribution in [-0.4, -0.2) is 11.8 Å². The van der Waals surface area contributed by atoms with Crippen LogP contribution in [0.1, 0.15) is 33.6 Å². The zero-order chi connectivity index (χ0) is 14.7. The molecule has 2 aliphatic rings. The Labute approximate surface area is 123 Å². The van der Waals surface area contributed by atoms with Gasteiger partial charge in [0.05, 0.1) is 16.1 Å². The first kappa shape index (κ1) is 13.6. The average molecular weight is 292 g/mol. The molecule has 1 heterocycles. The van der Waals surface area contributed by atoms with Gasteiger partial charge in [0, 0.05) is 5.92 Å². The Morgan fingerprint density at radius 2 is 1.85 bits per heavy atom. The molecule has 20 heavy (non-hydrogen) atoms. The van der Waals surface area contributed by atoms with Gasteiger partial charge in [-0.3, -0.25) is 9.59 Å². The molecular formula is C16H18ClNO2. The molecule has 106 valence electrons. The molecule has 0 unspecified atom stereocenters. The van der Waals surface area contributed by atoms with E-state index in [1.165, 1.54) is 4.90 Å². The Hall–Kier alpha value is -1.35. The highest BCUT2D eigenvalue weighted by atomic mass is 35.5. The summed E-state index contributed by atoms with van der Waals surface area (Å²) in [6, 6.07) is 7.04. The Bertz CT molecular complexity index is 610. The van der Waals surface area contributed by atoms with Crippen LogP contribution in [0.3, 0.4) is 0 Å². The molecule has 0 radical (unpaired) electrons. The van der Waals surface area contributed by atoms with Crippen molar-refractivity contribution in [2.75, 3.05) is 4.90 Å². The van der Waals surface area contributed by atoms with E-state index in [4.69, 9.17) is 11.6 Å². The molecule has 4 heteroatoms. The number of nitrogens with zero attached hydrogens (tertiary/aromatic N) is 1. The summed E-state index contributed by atoms with van der Waals surface area (Å²) in [7, 11) is 0. The molecule has 1 saturated heterocycles. The molecule has 0 N–H and O–H groups in total. The van der Waals surface area contributed by atoms with Gasteiger partial charge in [-0.1, -0.05) is 44.5 Å². The summed E-state index contributed by atoms with van der Waals surface area (Å²) in [5.41, 5.74) is -0.276. The van der Waals surface area contributed by atoms with Crippen LogP contribution in [-0.2, 0) is 9.59 Å². The molecule has 3 rings (SSSR count). The molecule has 1 saturated carbocycles. The zero-order valence-electron chi connectivity index (χ0n) is 11.9. The van der Waals surface area contributed by atoms with Crippen LogP contribution in [0.4, 0.5) is 5.69 Å². The molecule has 2 fully saturated rings. The maximum Gasteiger partial charge on any atom is 0.240 e. The number of anilines is 1. The van der Waals surface area contributed by atoms with E-state index in [0.717, 1.165) is 12.8 Å². The topological polar surface area (TPSA) is 37.4 Å². The Balaban J connectivity index is 2.15. The molecule has 2 bridgehead atoms. The number of hydrogen-bond acceptors (Lipinski definition) is 2. The molecular weight excluding hydrogens is 274 g/mol. The number of imide groups is 1. The predicted molar refractivity (Wildman–Crippen MR) is 78.6 cm³/mol. The Morgan fingerprint density at radius 1 is 1.20 bits per heavy atom. The lowest BCUT2D eigenvalue weighted by molar-refractivity contribution is -0.146. The number of rotatable bonds is 1. The van der Waals surface area contributed by atoms with Crippen molar-refractivity contribution in [2.45, 2.75) is 33.6 Å². The van der Waals surface area contributed by atoms with Crippen LogP contribution < -0.4 is 4.90 Å². The minimum atomic E-state index is -0.495. The number of amides is 2. The van der Waals surface area contributed by atoms with Gasteiger partial charge in [0.15, 0.2) is 0 Å². The van der Waals surface area contributed by atoms with Gasteiger partial charge in [-0.15, -0.1) is 0 Å². The van der Waals surface area contributed by atoms with Crippen molar-refractivity contribution >= 4 is 29.1 Å². The largest absolute Gasteiger partial charge is 0.274 e. The lowest BCUT2D eigenvalue weighted by Gasteiger charge is -2.47. The van der Waals surface area contributed by atoms with Gasteiger partial charge in [-0.25, -0.2) is 4.90 Å². The number of para-hydroxylation sites is 1. The second-order valence-electron chi connectivity index (χ2n) is 6.58. The maximum atomic E-state index is 12.9. The van der Waals surface area contributed by atoms with Gasteiger partial charge in [0.1, 0.15) is 0 Å². The van der Waals surface area contributed by atoms with E-state index in [-0.39, 0.29) is 23.1 Å². The molecule has 1 aromatic rings. The lowest BCUT2D eigenvalue weighted by atomic mass is 9.62. The van der Waals surface area contributed by atoms with Crippen LogP contribution >= 0.6 is 11.6 Å². The summed E-state index contributed by atoms with van der Waals surface area (Å²) in [6.07, 6.45) is 1.53. The molecule has 2 atom stereocenters. The van der Waals surface area contributed by atoms with E-state index in [1.54, 1.807) is 24.3 Å². The van der Waals surface area contributed by atoms with Crippen LogP contribution in [0.25, 0.3) is 0 Å². The molecule has 0 spiro atoms. The third-order valence-corrected chi connectivity index (χ3v) is 5.83. The lowest BCUT2D eigenvalue weighted by Crippen LogP contribution is -2.59. The monoisotopic (exact) mass is 291 g/mol. The third-order valence-electron chi connectivity index (χ3n) is 5.51. The summed E-state index contributed by atoms with van der Waals surface area (Å²) in [4.78, 5) is 27.0. The van der Waals surface area contributed by atoms with Gasteiger partial charge < -0.3 is 0 Å². The van der Waals surface area contributed by atoms with Crippen LogP contribution in [0.15, 0.2) is 24.3 Å². The standard InChI is InChI=1S/C16H18ClNO2/c1-15(2)10-8-9-16(15,3)14(20)18(13(10)19)12-7-5-4-6-11(12)17/h4-7,10H,8-9H2,1-3H3/t10-,16+/m0/s1. The van der Waals surface area contributed by atoms with E-state index in [2.05, 4.69) is 0 Å². The van der Waals surface area contributed by atoms with Crippen molar-refractivity contribution in [2.24, 2.45) is 16.7 Å². The first-order valence-electron chi connectivity index (χ1n) is 6.93. The maximum absolute atomic E-state index is 12.9. The van der Waals surface area contributed by atoms with Crippen molar-refractivity contribution in [3.8, 4) is 0 Å². The van der Waals surface area contributed by atoms with Crippen molar-refractivity contribution in [1.29, 1.82) is 0 Å². The highest BCUT2D eigenvalue weighted by Crippen LogP contribution is 2.60. The van der Waals surface area contributed by atoms with Crippen LogP contribution in [0, 0.1) is 16.7 Å². The Kier molecular flexibility index (Phi) is 2.78. The SMILES string of the molecule is CC1(C)[C@H]2CC[C@]1(C)C(=O)N(c1ccccc1Cl)C2=O. The molecule has 2 amide bonds. The van der Waals surface area contributed by atoms with Crippen molar-refractivity contribution in [3.63, 3.8) is 0 Å². The van der Waals surface area contributed by atoms with E-state index >= 15 is 0 Å². The van der Waals surface area contributed by atoms with Gasteiger partial charge in [-0.05, 0) is 30.4 Å². The second kappa shape index (κ2) is 4.08. The zero-order valence-corrected chi connectivity index (χ0v) is 12.7. The first-order valence-corrected chi connectivity index (χ1v) is 7.31. The van der Waals surface area contributed by atoms with E-state index in [0.29, 0.717) is 10.7 Å². The van der Waals surface area contributed by atoms with Gasteiger partial charge in [0.2, 0.25) is 11.8 Å². The molecule has 1 aliphatic heterocycles. The van der Waals surface area contributed by atoms with Crippen molar-refractivity contribution < 1.29 is 9.59 Å². The fraction of sp³-hybridized carbons (Fsp3) is 0.500. The summed E-state index contributed by atoms with van der Waals surface area (Å²) < 4.78 is 0. The normalized spacial score (nSPS) is 31.8. The smallest absolute Gasteiger partial charge is 0.240 e. The van der Waals surface area contributed by atoms with E-state index in [9.17, 15) is 9.59 Å². The summed E-state index contributed by atoms with van der Waals surface area (Å²) in [6.45, 7) is 6.04. The predicted octanol–water partition coefficient (Wildman–Crippen LogP) is 3.66. The van der Waals surface area contributed by atoms with Crippen LogP contribution in [0.2, 0.25) is 5.02 Å². The quantitative estimate of drug-likeness (QED) is 0.741. The van der Waals surface area contributed by atoms with Gasteiger partial charge in [0.25, 0.3) is 0 Å². The van der Waals surface area contributed by atoms with Crippen LogP contribution in [0.5, 0.6) is 0 Å². The third kappa shape index (κ3) is 1.47. The minimum absolute atomic E-state index is 0.108. The van der Waals surface area contributed by atoms with Crippen molar-refractivity contribution in [1.82, 2.24) is 0 Å². The van der Waals surface area contributed by atoms with E-state index < -0.39 is 5.41 Å². The first-order chi connectivity index (χ1) is 9.30. The number of piperidine rings is 1. The second-order valence-corrected chi connectivity index (χ2v) is 6.98. The van der Waals surface area contributed by atoms with Gasteiger partial charge in [-0.2, -0.15) is 0 Å². The molecule has 0 aromatic heterocycles. The summed E-state index contributed by atoms with van der Waals surface area (Å²) in [5, 5.41) is 0.442. The molecule has 3 nitrogen and oxygen atoms in total. The fourth-order valence-electron chi connectivity index (χ4n) is 3.68. The number of carbonyl (C=O) groups excluding carboxylic acids is 2. The number of hydrogen-bond donors (Lipinski definition) is 0. The fourth-order valence-corrected chi connectivity index (χ4v) is 3.90. The number of fused-ring (bicyclic) bond motifs is 2.